The van der Waals surface area contributed by atoms with Crippen molar-refractivity contribution < 1.29 is 18.8 Å². The third kappa shape index (κ3) is 3.91. The van der Waals surface area contributed by atoms with Crippen LogP contribution in [0.2, 0.25) is 0 Å². The Balaban J connectivity index is 1.59. The van der Waals surface area contributed by atoms with Gasteiger partial charge in [0.2, 0.25) is 0 Å². The van der Waals surface area contributed by atoms with Crippen LogP contribution in [0.4, 0.5) is 0 Å². The van der Waals surface area contributed by atoms with Crippen molar-refractivity contribution in [3.8, 4) is 5.75 Å². The lowest BCUT2D eigenvalue weighted by molar-refractivity contribution is -0.0153. The molecule has 0 bridgehead atoms. The number of methoxy groups -OCH3 is 1. The Bertz CT molecular complexity index is 701. The standard InChI is InChI=1S/C17H21N3O4/c1-12-18-16(24-19-12)11-23-15-7-4-8-20(10-15)17(21)13-5-3-6-14(9-13)22-2/h3,5-6,9,15H,4,7-8,10-11H2,1-2H3. The van der Waals surface area contributed by atoms with E-state index in [1.165, 1.54) is 0 Å². The Hall–Kier alpha value is -2.41. The summed E-state index contributed by atoms with van der Waals surface area (Å²) >= 11 is 0. The van der Waals surface area contributed by atoms with Crippen molar-refractivity contribution in [2.45, 2.75) is 32.5 Å². The van der Waals surface area contributed by atoms with Gasteiger partial charge in [0, 0.05) is 18.7 Å². The molecule has 1 unspecified atom stereocenters. The largest absolute Gasteiger partial charge is 0.497 e. The van der Waals surface area contributed by atoms with Gasteiger partial charge in [-0.05, 0) is 38.0 Å². The van der Waals surface area contributed by atoms with Gasteiger partial charge in [0.25, 0.3) is 11.8 Å². The molecule has 1 fully saturated rings. The Labute approximate surface area is 140 Å². The summed E-state index contributed by atoms with van der Waals surface area (Å²) in [6.45, 7) is 3.33. The molecule has 24 heavy (non-hydrogen) atoms. The molecule has 7 heteroatoms. The molecular formula is C17H21N3O4. The van der Waals surface area contributed by atoms with Gasteiger partial charge >= 0.3 is 0 Å². The average Bonchev–Trinajstić information content (AvgIpc) is 3.05. The van der Waals surface area contributed by atoms with E-state index in [4.69, 9.17) is 14.0 Å². The van der Waals surface area contributed by atoms with E-state index in [0.717, 1.165) is 19.4 Å². The number of nitrogens with zero attached hydrogens (tertiary/aromatic N) is 3. The second kappa shape index (κ2) is 7.44. The number of amides is 1. The van der Waals surface area contributed by atoms with Gasteiger partial charge in [-0.3, -0.25) is 4.79 Å². The number of hydrogen-bond acceptors (Lipinski definition) is 6. The lowest BCUT2D eigenvalue weighted by Gasteiger charge is -2.32. The molecule has 0 spiro atoms. The van der Waals surface area contributed by atoms with Crippen molar-refractivity contribution in [3.63, 3.8) is 0 Å². The first-order chi connectivity index (χ1) is 11.7. The highest BCUT2D eigenvalue weighted by Gasteiger charge is 2.25. The van der Waals surface area contributed by atoms with Gasteiger partial charge in [-0.15, -0.1) is 0 Å². The number of benzene rings is 1. The zero-order valence-electron chi connectivity index (χ0n) is 13.9. The minimum atomic E-state index is -0.0273. The predicted octanol–water partition coefficient (Wildman–Crippen LogP) is 2.21. The summed E-state index contributed by atoms with van der Waals surface area (Å²) in [5.41, 5.74) is 0.627. The Kier molecular flexibility index (Phi) is 5.10. The first-order valence-electron chi connectivity index (χ1n) is 8.00. The summed E-state index contributed by atoms with van der Waals surface area (Å²) in [6.07, 6.45) is 1.79. The van der Waals surface area contributed by atoms with Crippen LogP contribution in [0.5, 0.6) is 5.75 Å². The van der Waals surface area contributed by atoms with Crippen LogP contribution in [-0.2, 0) is 11.3 Å². The third-order valence-electron chi connectivity index (χ3n) is 3.99. The van der Waals surface area contributed by atoms with E-state index in [-0.39, 0.29) is 18.6 Å². The SMILES string of the molecule is COc1cccc(C(=O)N2CCCC(OCc3nc(C)no3)C2)c1. The number of aryl methyl sites for hydroxylation is 1. The second-order valence-electron chi connectivity index (χ2n) is 5.79. The van der Waals surface area contributed by atoms with Gasteiger partial charge in [0.05, 0.1) is 13.2 Å². The van der Waals surface area contributed by atoms with Crippen LogP contribution < -0.4 is 4.74 Å². The molecule has 0 N–H and O–H groups in total. The summed E-state index contributed by atoms with van der Waals surface area (Å²) in [6, 6.07) is 7.21. The quantitative estimate of drug-likeness (QED) is 0.836. The topological polar surface area (TPSA) is 77.7 Å². The normalized spacial score (nSPS) is 17.8. The van der Waals surface area contributed by atoms with E-state index < -0.39 is 0 Å². The average molecular weight is 331 g/mol. The van der Waals surface area contributed by atoms with Crippen LogP contribution in [0.3, 0.4) is 0 Å². The van der Waals surface area contributed by atoms with Gasteiger partial charge < -0.3 is 18.9 Å². The highest BCUT2D eigenvalue weighted by Crippen LogP contribution is 2.19. The van der Waals surface area contributed by atoms with E-state index in [9.17, 15) is 4.79 Å². The fourth-order valence-electron chi connectivity index (χ4n) is 2.79. The first kappa shape index (κ1) is 16.4. The van der Waals surface area contributed by atoms with Crippen molar-refractivity contribution in [2.24, 2.45) is 0 Å². The molecule has 3 rings (SSSR count). The summed E-state index contributed by atoms with van der Waals surface area (Å²) in [5.74, 6) is 1.73. The number of aromatic nitrogens is 2. The number of carbonyl (C=O) groups is 1. The molecule has 0 radical (unpaired) electrons. The van der Waals surface area contributed by atoms with E-state index >= 15 is 0 Å². The number of piperidine rings is 1. The minimum Gasteiger partial charge on any atom is -0.497 e. The minimum absolute atomic E-state index is 0.00386. The molecule has 1 saturated heterocycles. The third-order valence-corrected chi connectivity index (χ3v) is 3.99. The van der Waals surface area contributed by atoms with Crippen molar-refractivity contribution in [1.29, 1.82) is 0 Å². The molecule has 128 valence electrons. The first-order valence-corrected chi connectivity index (χ1v) is 8.00. The lowest BCUT2D eigenvalue weighted by Crippen LogP contribution is -2.43. The molecule has 1 aromatic carbocycles. The zero-order valence-corrected chi connectivity index (χ0v) is 13.9. The molecule has 0 saturated carbocycles. The van der Waals surface area contributed by atoms with Crippen LogP contribution in [0, 0.1) is 6.92 Å². The molecular weight excluding hydrogens is 310 g/mol. The van der Waals surface area contributed by atoms with Crippen molar-refractivity contribution in [3.05, 3.63) is 41.5 Å². The number of ether oxygens (including phenoxy) is 2. The van der Waals surface area contributed by atoms with Gasteiger partial charge in [-0.1, -0.05) is 11.2 Å². The second-order valence-corrected chi connectivity index (χ2v) is 5.79. The van der Waals surface area contributed by atoms with Gasteiger partial charge in [0.1, 0.15) is 12.4 Å². The summed E-state index contributed by atoms with van der Waals surface area (Å²) in [7, 11) is 1.59. The van der Waals surface area contributed by atoms with Crippen LogP contribution >= 0.6 is 0 Å². The number of likely N-dealkylation sites (tertiary alicyclic amines) is 1. The molecule has 7 nitrogen and oxygen atoms in total. The predicted molar refractivity (Wildman–Crippen MR) is 85.7 cm³/mol. The van der Waals surface area contributed by atoms with E-state index in [1.807, 2.05) is 17.0 Å². The maximum Gasteiger partial charge on any atom is 0.254 e. The highest BCUT2D eigenvalue weighted by molar-refractivity contribution is 5.94. The summed E-state index contributed by atoms with van der Waals surface area (Å²) in [5, 5.41) is 3.74. The number of carbonyl (C=O) groups excluding carboxylic acids is 1. The molecule has 1 aliphatic rings. The molecule has 1 aromatic heterocycles. The smallest absolute Gasteiger partial charge is 0.254 e. The van der Waals surface area contributed by atoms with Crippen LogP contribution in [-0.4, -0.2) is 47.3 Å². The van der Waals surface area contributed by atoms with Gasteiger partial charge in [0.15, 0.2) is 5.82 Å². The number of hydrogen-bond donors (Lipinski definition) is 0. The van der Waals surface area contributed by atoms with Crippen molar-refractivity contribution in [2.75, 3.05) is 20.2 Å². The van der Waals surface area contributed by atoms with E-state index in [1.54, 1.807) is 26.2 Å². The lowest BCUT2D eigenvalue weighted by atomic mass is 10.1. The molecule has 2 heterocycles. The molecule has 1 aliphatic heterocycles. The molecule has 1 atom stereocenters. The van der Waals surface area contributed by atoms with Crippen LogP contribution in [0.15, 0.2) is 28.8 Å². The summed E-state index contributed by atoms with van der Waals surface area (Å²) < 4.78 is 16.1. The maximum atomic E-state index is 12.7. The Morgan fingerprint density at radius 3 is 3.08 bits per heavy atom. The van der Waals surface area contributed by atoms with Crippen LogP contribution in [0.1, 0.15) is 34.9 Å². The Morgan fingerprint density at radius 1 is 1.46 bits per heavy atom. The highest BCUT2D eigenvalue weighted by atomic mass is 16.5. The summed E-state index contributed by atoms with van der Waals surface area (Å²) in [4.78, 5) is 18.6. The van der Waals surface area contributed by atoms with E-state index in [2.05, 4.69) is 10.1 Å². The van der Waals surface area contributed by atoms with Gasteiger partial charge in [-0.25, -0.2) is 0 Å². The van der Waals surface area contributed by atoms with Crippen LogP contribution in [0.25, 0.3) is 0 Å². The monoisotopic (exact) mass is 331 g/mol. The molecule has 0 aliphatic carbocycles. The van der Waals surface area contributed by atoms with E-state index in [0.29, 0.717) is 29.6 Å². The fraction of sp³-hybridized carbons (Fsp3) is 0.471. The fourth-order valence-corrected chi connectivity index (χ4v) is 2.79. The molecule has 2 aromatic rings. The zero-order chi connectivity index (χ0) is 16.9. The number of rotatable bonds is 5. The van der Waals surface area contributed by atoms with Gasteiger partial charge in [-0.2, -0.15) is 4.98 Å². The molecule has 1 amide bonds. The van der Waals surface area contributed by atoms with Crippen molar-refractivity contribution in [1.82, 2.24) is 15.0 Å². The van der Waals surface area contributed by atoms with Crippen molar-refractivity contribution >= 4 is 5.91 Å². The maximum absolute atomic E-state index is 12.7. The Morgan fingerprint density at radius 2 is 2.33 bits per heavy atom.